The third-order valence-electron chi connectivity index (χ3n) is 2.65. The molecule has 1 aromatic carbocycles. The summed E-state index contributed by atoms with van der Waals surface area (Å²) in [5.74, 6) is 0.487. The Balaban J connectivity index is 1.81. The number of hydrogen-bond acceptors (Lipinski definition) is 6. The molecule has 5 nitrogen and oxygen atoms in total. The predicted molar refractivity (Wildman–Crippen MR) is 79.5 cm³/mol. The molecule has 0 fully saturated rings. The lowest BCUT2D eigenvalue weighted by Crippen LogP contribution is -1.95. The number of benzene rings is 1. The lowest BCUT2D eigenvalue weighted by Gasteiger charge is -2.01. The van der Waals surface area contributed by atoms with Crippen molar-refractivity contribution in [1.82, 2.24) is 24.6 Å². The van der Waals surface area contributed by atoms with Gasteiger partial charge in [0.15, 0.2) is 4.34 Å². The van der Waals surface area contributed by atoms with Crippen molar-refractivity contribution in [3.63, 3.8) is 0 Å². The maximum Gasteiger partial charge on any atom is 0.254 e. The zero-order chi connectivity index (χ0) is 13.5. The smallest absolute Gasteiger partial charge is 0.229 e. The van der Waals surface area contributed by atoms with E-state index in [1.165, 1.54) is 18.1 Å². The molecule has 0 N–H and O–H groups in total. The van der Waals surface area contributed by atoms with Gasteiger partial charge in [0, 0.05) is 6.07 Å². The highest BCUT2D eigenvalue weighted by Crippen LogP contribution is 2.34. The average Bonchev–Trinajstić information content (AvgIpc) is 3.03. The van der Waals surface area contributed by atoms with E-state index in [1.807, 2.05) is 18.2 Å². The normalized spacial score (nSPS) is 11.4. The van der Waals surface area contributed by atoms with Crippen molar-refractivity contribution < 1.29 is 0 Å². The van der Waals surface area contributed by atoms with Gasteiger partial charge in [-0.15, -0.1) is 11.3 Å². The predicted octanol–water partition coefficient (Wildman–Crippen LogP) is 3.54. The van der Waals surface area contributed by atoms with Crippen LogP contribution in [-0.2, 0) is 0 Å². The number of fused-ring (bicyclic) bond motifs is 2. The summed E-state index contributed by atoms with van der Waals surface area (Å²) in [4.78, 5) is 12.7. The number of thiazole rings is 1. The Bertz CT molecular complexity index is 883. The van der Waals surface area contributed by atoms with Crippen LogP contribution in [0.1, 0.15) is 0 Å². The van der Waals surface area contributed by atoms with Gasteiger partial charge < -0.3 is 0 Å². The van der Waals surface area contributed by atoms with Crippen molar-refractivity contribution in [2.24, 2.45) is 0 Å². The van der Waals surface area contributed by atoms with E-state index < -0.39 is 0 Å². The minimum absolute atomic E-state index is 0.397. The minimum Gasteiger partial charge on any atom is -0.229 e. The molecular weight excluding hydrogens is 314 g/mol. The fraction of sp³-hybridized carbons (Fsp3) is 0. The van der Waals surface area contributed by atoms with Crippen molar-refractivity contribution in [2.75, 3.05) is 0 Å². The SMILES string of the molecule is Clc1cc(Sc2nc3ccccc3s2)n2ncnc2n1. The summed E-state index contributed by atoms with van der Waals surface area (Å²) >= 11 is 9.14. The molecule has 0 unspecified atom stereocenters. The number of rotatable bonds is 2. The van der Waals surface area contributed by atoms with Crippen LogP contribution in [0.5, 0.6) is 0 Å². The van der Waals surface area contributed by atoms with Gasteiger partial charge in [0.2, 0.25) is 0 Å². The van der Waals surface area contributed by atoms with Crippen LogP contribution >= 0.6 is 34.7 Å². The van der Waals surface area contributed by atoms with Gasteiger partial charge in [-0.05, 0) is 23.9 Å². The largest absolute Gasteiger partial charge is 0.254 e. The fourth-order valence-electron chi connectivity index (χ4n) is 1.81. The monoisotopic (exact) mass is 319 g/mol. The molecule has 0 aliphatic rings. The number of hydrogen-bond donors (Lipinski definition) is 0. The Morgan fingerprint density at radius 3 is 3.00 bits per heavy atom. The standard InChI is InChI=1S/C12H6ClN5S2/c13-9-5-10(18-11(17-9)14-6-15-18)20-12-16-7-3-1-2-4-8(7)19-12/h1-6H. The first-order valence-electron chi connectivity index (χ1n) is 5.69. The molecule has 0 spiro atoms. The van der Waals surface area contributed by atoms with E-state index in [9.17, 15) is 0 Å². The first-order valence-corrected chi connectivity index (χ1v) is 7.70. The van der Waals surface area contributed by atoms with Gasteiger partial charge >= 0.3 is 0 Å². The number of aromatic nitrogens is 5. The highest BCUT2D eigenvalue weighted by Gasteiger charge is 2.11. The molecule has 4 aromatic rings. The van der Waals surface area contributed by atoms with E-state index in [4.69, 9.17) is 11.6 Å². The van der Waals surface area contributed by atoms with E-state index >= 15 is 0 Å². The fourth-order valence-corrected chi connectivity index (χ4v) is 4.16. The van der Waals surface area contributed by atoms with E-state index in [0.29, 0.717) is 10.9 Å². The molecule has 98 valence electrons. The van der Waals surface area contributed by atoms with Crippen LogP contribution < -0.4 is 0 Å². The second-order valence-electron chi connectivity index (χ2n) is 3.94. The van der Waals surface area contributed by atoms with Crippen molar-refractivity contribution in [3.05, 3.63) is 41.8 Å². The first-order chi connectivity index (χ1) is 9.79. The molecule has 0 aliphatic carbocycles. The summed E-state index contributed by atoms with van der Waals surface area (Å²) in [6.07, 6.45) is 1.46. The van der Waals surface area contributed by atoms with Crippen LogP contribution in [0.25, 0.3) is 16.0 Å². The van der Waals surface area contributed by atoms with E-state index in [0.717, 1.165) is 19.6 Å². The quantitative estimate of drug-likeness (QED) is 0.529. The number of halogens is 1. The van der Waals surface area contributed by atoms with E-state index in [-0.39, 0.29) is 0 Å². The highest BCUT2D eigenvalue weighted by molar-refractivity contribution is 8.01. The maximum absolute atomic E-state index is 6.00. The van der Waals surface area contributed by atoms with Crippen molar-refractivity contribution in [1.29, 1.82) is 0 Å². The molecule has 0 radical (unpaired) electrons. The Labute approximate surface area is 126 Å². The van der Waals surface area contributed by atoms with Crippen LogP contribution in [0.4, 0.5) is 0 Å². The Morgan fingerprint density at radius 2 is 2.10 bits per heavy atom. The van der Waals surface area contributed by atoms with E-state index in [2.05, 4.69) is 26.1 Å². The van der Waals surface area contributed by atoms with Crippen LogP contribution in [-0.4, -0.2) is 24.6 Å². The summed E-state index contributed by atoms with van der Waals surface area (Å²) in [6.45, 7) is 0. The van der Waals surface area contributed by atoms with Crippen LogP contribution in [0.15, 0.2) is 46.0 Å². The van der Waals surface area contributed by atoms with Gasteiger partial charge in [-0.25, -0.2) is 4.98 Å². The molecular formula is C12H6ClN5S2. The Kier molecular flexibility index (Phi) is 2.83. The first kappa shape index (κ1) is 12.1. The third-order valence-corrected chi connectivity index (χ3v) is 4.94. The molecule has 20 heavy (non-hydrogen) atoms. The summed E-state index contributed by atoms with van der Waals surface area (Å²) in [6, 6.07) is 9.81. The van der Waals surface area contributed by atoms with E-state index in [1.54, 1.807) is 21.9 Å². The van der Waals surface area contributed by atoms with Gasteiger partial charge in [-0.3, -0.25) is 0 Å². The third kappa shape index (κ3) is 2.04. The minimum atomic E-state index is 0.397. The van der Waals surface area contributed by atoms with Gasteiger partial charge in [0.25, 0.3) is 5.78 Å². The zero-order valence-corrected chi connectivity index (χ0v) is 12.3. The molecule has 4 rings (SSSR count). The maximum atomic E-state index is 6.00. The van der Waals surface area contributed by atoms with Gasteiger partial charge in [-0.2, -0.15) is 19.6 Å². The van der Waals surface area contributed by atoms with Crippen molar-refractivity contribution in [3.8, 4) is 0 Å². The molecule has 0 aliphatic heterocycles. The van der Waals surface area contributed by atoms with Crippen LogP contribution in [0.2, 0.25) is 5.15 Å². The number of nitrogens with zero attached hydrogens (tertiary/aromatic N) is 5. The molecule has 8 heteroatoms. The topological polar surface area (TPSA) is 56.0 Å². The van der Waals surface area contributed by atoms with Crippen molar-refractivity contribution in [2.45, 2.75) is 9.37 Å². The zero-order valence-electron chi connectivity index (χ0n) is 9.89. The summed E-state index contributed by atoms with van der Waals surface area (Å²) in [7, 11) is 0. The molecule has 0 saturated carbocycles. The lowest BCUT2D eigenvalue weighted by atomic mass is 10.3. The molecule has 3 aromatic heterocycles. The second kappa shape index (κ2) is 4.69. The second-order valence-corrected chi connectivity index (χ2v) is 6.62. The van der Waals surface area contributed by atoms with Crippen LogP contribution in [0, 0.1) is 0 Å². The summed E-state index contributed by atoms with van der Waals surface area (Å²) in [5.41, 5.74) is 0.995. The van der Waals surface area contributed by atoms with Crippen LogP contribution in [0.3, 0.4) is 0 Å². The molecule has 0 amide bonds. The highest BCUT2D eigenvalue weighted by atomic mass is 35.5. The Hall–Kier alpha value is -1.70. The Morgan fingerprint density at radius 1 is 1.20 bits per heavy atom. The summed E-state index contributed by atoms with van der Waals surface area (Å²) < 4.78 is 3.75. The molecule has 0 atom stereocenters. The van der Waals surface area contributed by atoms with Gasteiger partial charge in [-0.1, -0.05) is 23.7 Å². The molecule has 0 bridgehead atoms. The van der Waals surface area contributed by atoms with Gasteiger partial charge in [0.05, 0.1) is 10.2 Å². The molecule has 0 saturated heterocycles. The van der Waals surface area contributed by atoms with Crippen molar-refractivity contribution >= 4 is 50.7 Å². The van der Waals surface area contributed by atoms with Gasteiger partial charge in [0.1, 0.15) is 16.5 Å². The summed E-state index contributed by atoms with van der Waals surface area (Å²) in [5, 5.41) is 5.39. The average molecular weight is 320 g/mol. The number of para-hydroxylation sites is 1. The molecule has 3 heterocycles. The lowest BCUT2D eigenvalue weighted by molar-refractivity contribution is 0.842.